The largest absolute Gasteiger partial charge is 0.434 e. The number of likely N-dealkylation sites (N-methyl/N-ethyl adjacent to an activating group) is 1. The summed E-state index contributed by atoms with van der Waals surface area (Å²) in [6.07, 6.45) is 4.07. The lowest BCUT2D eigenvalue weighted by Crippen LogP contribution is -2.20. The SMILES string of the molecule is CNC(Cc1cncc(Br)c1)c1ccccc1OC(F)F. The van der Waals surface area contributed by atoms with E-state index < -0.39 is 6.61 Å². The zero-order chi connectivity index (χ0) is 15.2. The number of nitrogens with zero attached hydrogens (tertiary/aromatic N) is 1. The maximum atomic E-state index is 12.5. The summed E-state index contributed by atoms with van der Waals surface area (Å²) in [6, 6.07) is 8.62. The molecule has 0 aliphatic carbocycles. The topological polar surface area (TPSA) is 34.2 Å². The van der Waals surface area contributed by atoms with Crippen molar-refractivity contribution in [1.82, 2.24) is 10.3 Å². The van der Waals surface area contributed by atoms with E-state index in [1.54, 1.807) is 43.7 Å². The van der Waals surface area contributed by atoms with E-state index in [2.05, 4.69) is 31.0 Å². The van der Waals surface area contributed by atoms with Gasteiger partial charge in [0.1, 0.15) is 5.75 Å². The molecule has 2 rings (SSSR count). The molecule has 1 aromatic carbocycles. The van der Waals surface area contributed by atoms with Crippen LogP contribution >= 0.6 is 15.9 Å². The molecule has 112 valence electrons. The average molecular weight is 357 g/mol. The van der Waals surface area contributed by atoms with E-state index in [0.717, 1.165) is 10.0 Å². The molecule has 1 N–H and O–H groups in total. The standard InChI is InChI=1S/C15H15BrF2N2O/c1-19-13(7-10-6-11(16)9-20-8-10)12-4-2-3-5-14(12)21-15(17)18/h2-6,8-9,13,15,19H,7H2,1H3. The van der Waals surface area contributed by atoms with Crippen molar-refractivity contribution in [1.29, 1.82) is 0 Å². The van der Waals surface area contributed by atoms with Crippen LogP contribution < -0.4 is 10.1 Å². The normalized spacial score (nSPS) is 12.4. The molecule has 0 spiro atoms. The Labute approximate surface area is 130 Å². The first-order valence-electron chi connectivity index (χ1n) is 6.40. The highest BCUT2D eigenvalue weighted by Gasteiger charge is 2.17. The van der Waals surface area contributed by atoms with E-state index in [-0.39, 0.29) is 11.8 Å². The second-order valence-corrected chi connectivity index (χ2v) is 5.39. The number of aromatic nitrogens is 1. The van der Waals surface area contributed by atoms with Gasteiger partial charge in [-0.15, -0.1) is 0 Å². The summed E-state index contributed by atoms with van der Waals surface area (Å²) in [5, 5.41) is 3.13. The smallest absolute Gasteiger partial charge is 0.387 e. The van der Waals surface area contributed by atoms with E-state index in [4.69, 9.17) is 0 Å². The van der Waals surface area contributed by atoms with Crippen LogP contribution in [-0.4, -0.2) is 18.6 Å². The predicted octanol–water partition coefficient (Wildman–Crippen LogP) is 3.95. The number of ether oxygens (including phenoxy) is 1. The quantitative estimate of drug-likeness (QED) is 0.850. The number of alkyl halides is 2. The molecule has 0 aliphatic heterocycles. The number of pyridine rings is 1. The van der Waals surface area contributed by atoms with E-state index in [9.17, 15) is 8.78 Å². The van der Waals surface area contributed by atoms with Gasteiger partial charge in [0, 0.05) is 28.5 Å². The molecular formula is C15H15BrF2N2O. The molecule has 0 radical (unpaired) electrons. The molecular weight excluding hydrogens is 342 g/mol. The van der Waals surface area contributed by atoms with Crippen molar-refractivity contribution < 1.29 is 13.5 Å². The minimum Gasteiger partial charge on any atom is -0.434 e. The summed E-state index contributed by atoms with van der Waals surface area (Å²) < 4.78 is 30.5. The van der Waals surface area contributed by atoms with Gasteiger partial charge in [0.15, 0.2) is 0 Å². The summed E-state index contributed by atoms with van der Waals surface area (Å²) in [4.78, 5) is 4.11. The van der Waals surface area contributed by atoms with Crippen molar-refractivity contribution in [2.24, 2.45) is 0 Å². The van der Waals surface area contributed by atoms with Crippen LogP contribution in [0.5, 0.6) is 5.75 Å². The second kappa shape index (κ2) is 7.47. The number of hydrogen-bond acceptors (Lipinski definition) is 3. The monoisotopic (exact) mass is 356 g/mol. The fraction of sp³-hybridized carbons (Fsp3) is 0.267. The Bertz CT molecular complexity index is 595. The van der Waals surface area contributed by atoms with Crippen LogP contribution in [-0.2, 0) is 6.42 Å². The molecule has 0 saturated heterocycles. The number of rotatable bonds is 6. The number of benzene rings is 1. The molecule has 1 unspecified atom stereocenters. The van der Waals surface area contributed by atoms with E-state index in [1.807, 2.05) is 6.07 Å². The molecule has 3 nitrogen and oxygen atoms in total. The number of nitrogens with one attached hydrogen (secondary N) is 1. The molecule has 0 aliphatic rings. The molecule has 0 amide bonds. The van der Waals surface area contributed by atoms with Crippen LogP contribution in [0.4, 0.5) is 8.78 Å². The third-order valence-corrected chi connectivity index (χ3v) is 3.49. The van der Waals surface area contributed by atoms with Crippen molar-refractivity contribution in [3.8, 4) is 5.75 Å². The Morgan fingerprint density at radius 3 is 2.71 bits per heavy atom. The lowest BCUT2D eigenvalue weighted by Gasteiger charge is -2.20. The first-order valence-corrected chi connectivity index (χ1v) is 7.20. The number of halogens is 3. The Balaban J connectivity index is 2.25. The van der Waals surface area contributed by atoms with Gasteiger partial charge in [0.05, 0.1) is 0 Å². The van der Waals surface area contributed by atoms with E-state index in [0.29, 0.717) is 12.0 Å². The maximum Gasteiger partial charge on any atom is 0.387 e. The highest BCUT2D eigenvalue weighted by Crippen LogP contribution is 2.29. The Kier molecular flexibility index (Phi) is 5.64. The number of para-hydroxylation sites is 1. The minimum absolute atomic E-state index is 0.143. The fourth-order valence-electron chi connectivity index (χ4n) is 2.14. The highest BCUT2D eigenvalue weighted by molar-refractivity contribution is 9.10. The lowest BCUT2D eigenvalue weighted by molar-refractivity contribution is -0.0507. The summed E-state index contributed by atoms with van der Waals surface area (Å²) >= 11 is 3.37. The molecule has 0 fully saturated rings. The second-order valence-electron chi connectivity index (χ2n) is 4.47. The van der Waals surface area contributed by atoms with Crippen molar-refractivity contribution in [3.05, 3.63) is 58.3 Å². The van der Waals surface area contributed by atoms with Crippen molar-refractivity contribution in [3.63, 3.8) is 0 Å². The van der Waals surface area contributed by atoms with Crippen LogP contribution in [0.15, 0.2) is 47.2 Å². The van der Waals surface area contributed by atoms with Gasteiger partial charge in [0.2, 0.25) is 0 Å². The van der Waals surface area contributed by atoms with E-state index in [1.165, 1.54) is 0 Å². The first-order chi connectivity index (χ1) is 10.1. The Hall–Kier alpha value is -1.53. The van der Waals surface area contributed by atoms with Crippen molar-refractivity contribution in [2.75, 3.05) is 7.05 Å². The Morgan fingerprint density at radius 2 is 2.05 bits per heavy atom. The first kappa shape index (κ1) is 15.9. The van der Waals surface area contributed by atoms with Crippen LogP contribution in [0.2, 0.25) is 0 Å². The van der Waals surface area contributed by atoms with Gasteiger partial charge in [-0.1, -0.05) is 18.2 Å². The van der Waals surface area contributed by atoms with Gasteiger partial charge in [-0.3, -0.25) is 4.98 Å². The van der Waals surface area contributed by atoms with Crippen LogP contribution in [0.1, 0.15) is 17.2 Å². The van der Waals surface area contributed by atoms with Crippen molar-refractivity contribution in [2.45, 2.75) is 19.1 Å². The van der Waals surface area contributed by atoms with Crippen LogP contribution in [0.3, 0.4) is 0 Å². The zero-order valence-corrected chi connectivity index (χ0v) is 13.0. The molecule has 0 bridgehead atoms. The molecule has 6 heteroatoms. The predicted molar refractivity (Wildman–Crippen MR) is 80.5 cm³/mol. The molecule has 1 atom stereocenters. The summed E-state index contributed by atoms with van der Waals surface area (Å²) in [6.45, 7) is -2.84. The van der Waals surface area contributed by atoms with Gasteiger partial charge in [-0.2, -0.15) is 8.78 Å². The van der Waals surface area contributed by atoms with Gasteiger partial charge < -0.3 is 10.1 Å². The van der Waals surface area contributed by atoms with Gasteiger partial charge in [-0.25, -0.2) is 0 Å². The molecule has 0 saturated carbocycles. The zero-order valence-electron chi connectivity index (χ0n) is 11.4. The van der Waals surface area contributed by atoms with Crippen LogP contribution in [0.25, 0.3) is 0 Å². The third kappa shape index (κ3) is 4.47. The lowest BCUT2D eigenvalue weighted by atomic mass is 9.99. The molecule has 21 heavy (non-hydrogen) atoms. The van der Waals surface area contributed by atoms with Gasteiger partial charge >= 0.3 is 6.61 Å². The number of hydrogen-bond donors (Lipinski definition) is 1. The summed E-state index contributed by atoms with van der Waals surface area (Å²) in [5.41, 5.74) is 1.69. The van der Waals surface area contributed by atoms with Gasteiger partial charge in [-0.05, 0) is 47.1 Å². The molecule has 2 aromatic rings. The highest BCUT2D eigenvalue weighted by atomic mass is 79.9. The Morgan fingerprint density at radius 1 is 1.29 bits per heavy atom. The summed E-state index contributed by atoms with van der Waals surface area (Å²) in [7, 11) is 1.79. The minimum atomic E-state index is -2.84. The van der Waals surface area contributed by atoms with E-state index >= 15 is 0 Å². The maximum absolute atomic E-state index is 12.5. The van der Waals surface area contributed by atoms with Gasteiger partial charge in [0.25, 0.3) is 0 Å². The molecule has 1 heterocycles. The fourth-order valence-corrected chi connectivity index (χ4v) is 2.55. The summed E-state index contributed by atoms with van der Waals surface area (Å²) in [5.74, 6) is 0.190. The molecule has 1 aromatic heterocycles. The third-order valence-electron chi connectivity index (χ3n) is 3.06. The van der Waals surface area contributed by atoms with Crippen LogP contribution in [0, 0.1) is 0 Å². The average Bonchev–Trinajstić information content (AvgIpc) is 2.45. The van der Waals surface area contributed by atoms with Crippen molar-refractivity contribution >= 4 is 15.9 Å².